The summed E-state index contributed by atoms with van der Waals surface area (Å²) in [6, 6.07) is 17.5. The molecule has 0 aliphatic carbocycles. The van der Waals surface area contributed by atoms with Gasteiger partial charge in [-0.25, -0.2) is 13.4 Å². The van der Waals surface area contributed by atoms with Crippen LogP contribution in [0.3, 0.4) is 0 Å². The minimum atomic E-state index is -3.65. The Kier molecular flexibility index (Phi) is 4.81. The molecule has 0 radical (unpaired) electrons. The van der Waals surface area contributed by atoms with Crippen molar-refractivity contribution < 1.29 is 8.42 Å². The van der Waals surface area contributed by atoms with E-state index in [0.717, 1.165) is 36.5 Å². The number of anilines is 2. The Balaban J connectivity index is 1.52. The molecule has 4 rings (SSSR count). The summed E-state index contributed by atoms with van der Waals surface area (Å²) in [5.41, 5.74) is 4.79. The maximum atomic E-state index is 12.7. The first kappa shape index (κ1) is 18.5. The average molecular weight is 394 g/mol. The third kappa shape index (κ3) is 3.73. The number of fused-ring (bicyclic) bond motifs is 1. The number of nitrogens with zero attached hydrogens (tertiary/aromatic N) is 2. The van der Waals surface area contributed by atoms with Crippen LogP contribution < -0.4 is 9.62 Å². The van der Waals surface area contributed by atoms with Crippen LogP contribution in [0.4, 0.5) is 11.5 Å². The largest absolute Gasteiger partial charge is 0.352 e. The minimum absolute atomic E-state index is 0.296. The number of benzene rings is 2. The van der Waals surface area contributed by atoms with Crippen molar-refractivity contribution in [1.29, 1.82) is 0 Å². The van der Waals surface area contributed by atoms with Gasteiger partial charge >= 0.3 is 0 Å². The lowest BCUT2D eigenvalue weighted by atomic mass is 10.00. The number of hydrogen-bond donors (Lipinski definition) is 1. The molecule has 28 heavy (non-hydrogen) atoms. The Morgan fingerprint density at radius 3 is 2.54 bits per heavy atom. The van der Waals surface area contributed by atoms with Crippen molar-refractivity contribution in [3.63, 3.8) is 0 Å². The molecule has 3 aromatic rings. The number of nitrogens with one attached hydrogen (secondary N) is 1. The second kappa shape index (κ2) is 7.28. The van der Waals surface area contributed by atoms with Crippen LogP contribution in [0.1, 0.15) is 22.3 Å². The number of aryl methyl sites for hydroxylation is 2. The average Bonchev–Trinajstić information content (AvgIpc) is 2.69. The summed E-state index contributed by atoms with van der Waals surface area (Å²) in [6.07, 6.45) is 2.57. The molecule has 0 saturated heterocycles. The zero-order valence-corrected chi connectivity index (χ0v) is 16.8. The summed E-state index contributed by atoms with van der Waals surface area (Å²) in [5, 5.41) is 0. The Bertz CT molecular complexity index is 1110. The van der Waals surface area contributed by atoms with Gasteiger partial charge in [-0.3, -0.25) is 4.72 Å². The van der Waals surface area contributed by atoms with Gasteiger partial charge in [-0.2, -0.15) is 0 Å². The van der Waals surface area contributed by atoms with Crippen LogP contribution in [0.15, 0.2) is 65.7 Å². The molecule has 0 saturated carbocycles. The molecule has 6 heteroatoms. The van der Waals surface area contributed by atoms with Crippen molar-refractivity contribution in [3.8, 4) is 0 Å². The predicted molar refractivity (Wildman–Crippen MR) is 112 cm³/mol. The van der Waals surface area contributed by atoms with Gasteiger partial charge in [0, 0.05) is 13.1 Å². The number of hydrogen-bond acceptors (Lipinski definition) is 4. The zero-order chi connectivity index (χ0) is 19.7. The first-order chi connectivity index (χ1) is 13.4. The third-order valence-corrected chi connectivity index (χ3v) is 6.61. The summed E-state index contributed by atoms with van der Waals surface area (Å²) in [7, 11) is -3.65. The number of rotatable bonds is 4. The zero-order valence-electron chi connectivity index (χ0n) is 16.0. The van der Waals surface area contributed by atoms with E-state index < -0.39 is 10.0 Å². The third-order valence-electron chi connectivity index (χ3n) is 5.09. The fourth-order valence-corrected chi connectivity index (χ4v) is 4.91. The van der Waals surface area contributed by atoms with E-state index in [1.165, 1.54) is 11.1 Å². The molecule has 1 aliphatic rings. The van der Waals surface area contributed by atoms with Crippen molar-refractivity contribution in [2.75, 3.05) is 16.2 Å². The van der Waals surface area contributed by atoms with Gasteiger partial charge in [0.1, 0.15) is 5.82 Å². The molecule has 2 heterocycles. The van der Waals surface area contributed by atoms with Crippen molar-refractivity contribution in [1.82, 2.24) is 4.98 Å². The molecular formula is C22H23N3O2S. The van der Waals surface area contributed by atoms with Gasteiger partial charge in [-0.05, 0) is 60.7 Å². The van der Waals surface area contributed by atoms with E-state index in [2.05, 4.69) is 38.9 Å². The second-order valence-electron chi connectivity index (χ2n) is 7.22. The van der Waals surface area contributed by atoms with Gasteiger partial charge in [0.25, 0.3) is 10.0 Å². The molecule has 144 valence electrons. The van der Waals surface area contributed by atoms with Crippen molar-refractivity contribution in [2.45, 2.75) is 31.7 Å². The lowest BCUT2D eigenvalue weighted by Crippen LogP contribution is -2.30. The second-order valence-corrected chi connectivity index (χ2v) is 8.87. The maximum Gasteiger partial charge on any atom is 0.262 e. The molecule has 1 N–H and O–H groups in total. The molecule has 0 bridgehead atoms. The normalized spacial score (nSPS) is 13.9. The molecule has 2 aromatic carbocycles. The van der Waals surface area contributed by atoms with Crippen LogP contribution >= 0.6 is 0 Å². The van der Waals surface area contributed by atoms with E-state index in [-0.39, 0.29) is 0 Å². The fraction of sp³-hybridized carbons (Fsp3) is 0.227. The van der Waals surface area contributed by atoms with Gasteiger partial charge in [0.05, 0.1) is 16.8 Å². The lowest BCUT2D eigenvalue weighted by Gasteiger charge is -2.29. The molecule has 0 amide bonds. The van der Waals surface area contributed by atoms with Gasteiger partial charge in [0.2, 0.25) is 0 Å². The van der Waals surface area contributed by atoms with E-state index >= 15 is 0 Å². The first-order valence-corrected chi connectivity index (χ1v) is 10.8. The van der Waals surface area contributed by atoms with Crippen molar-refractivity contribution in [3.05, 3.63) is 83.0 Å². The predicted octanol–water partition coefficient (Wildman–Crippen LogP) is 4.06. The van der Waals surface area contributed by atoms with E-state index in [0.29, 0.717) is 10.6 Å². The highest BCUT2D eigenvalue weighted by Crippen LogP contribution is 2.25. The summed E-state index contributed by atoms with van der Waals surface area (Å²) in [6.45, 7) is 5.39. The van der Waals surface area contributed by atoms with E-state index in [1.807, 2.05) is 25.1 Å². The summed E-state index contributed by atoms with van der Waals surface area (Å²) in [4.78, 5) is 7.00. The highest BCUT2D eigenvalue weighted by molar-refractivity contribution is 7.92. The summed E-state index contributed by atoms with van der Waals surface area (Å²) in [5.74, 6) is 0.851. The van der Waals surface area contributed by atoms with Gasteiger partial charge in [-0.1, -0.05) is 36.4 Å². The van der Waals surface area contributed by atoms with Crippen LogP contribution in [0, 0.1) is 13.8 Å². The van der Waals surface area contributed by atoms with Crippen LogP contribution in [-0.4, -0.2) is 19.9 Å². The van der Waals surface area contributed by atoms with E-state index in [4.69, 9.17) is 0 Å². The Hall–Kier alpha value is -2.86. The quantitative estimate of drug-likeness (QED) is 0.726. The molecule has 0 unspecified atom stereocenters. The molecule has 0 spiro atoms. The Morgan fingerprint density at radius 1 is 1.00 bits per heavy atom. The Labute approximate surface area is 166 Å². The highest BCUT2D eigenvalue weighted by atomic mass is 32.2. The number of sulfonamides is 1. The highest BCUT2D eigenvalue weighted by Gasteiger charge is 2.19. The monoisotopic (exact) mass is 393 g/mol. The van der Waals surface area contributed by atoms with E-state index in [1.54, 1.807) is 25.3 Å². The summed E-state index contributed by atoms with van der Waals surface area (Å²) >= 11 is 0. The molecular weight excluding hydrogens is 370 g/mol. The molecule has 5 nitrogen and oxygen atoms in total. The van der Waals surface area contributed by atoms with E-state index in [9.17, 15) is 8.42 Å². The van der Waals surface area contributed by atoms with Crippen LogP contribution in [-0.2, 0) is 23.0 Å². The molecule has 0 atom stereocenters. The van der Waals surface area contributed by atoms with Gasteiger partial charge in [0.15, 0.2) is 0 Å². The summed E-state index contributed by atoms with van der Waals surface area (Å²) < 4.78 is 28.1. The number of aromatic nitrogens is 1. The molecule has 0 fully saturated rings. The minimum Gasteiger partial charge on any atom is -0.352 e. The lowest BCUT2D eigenvalue weighted by molar-refractivity contribution is 0.600. The molecule has 1 aliphatic heterocycles. The van der Waals surface area contributed by atoms with Crippen LogP contribution in [0.5, 0.6) is 0 Å². The van der Waals surface area contributed by atoms with Gasteiger partial charge in [-0.15, -0.1) is 0 Å². The Morgan fingerprint density at radius 2 is 1.79 bits per heavy atom. The maximum absolute atomic E-state index is 12.7. The fourth-order valence-electron chi connectivity index (χ4n) is 3.53. The van der Waals surface area contributed by atoms with Crippen LogP contribution in [0.25, 0.3) is 0 Å². The topological polar surface area (TPSA) is 62.3 Å². The number of pyridine rings is 1. The molecule has 1 aromatic heterocycles. The van der Waals surface area contributed by atoms with Crippen LogP contribution in [0.2, 0.25) is 0 Å². The SMILES string of the molecule is Cc1ccc(C)c(S(=O)(=O)Nc2ccc(N3CCc4ccccc4C3)nc2)c1. The first-order valence-electron chi connectivity index (χ1n) is 9.30. The standard InChI is InChI=1S/C22H23N3O2S/c1-16-7-8-17(2)21(13-16)28(26,27)24-20-9-10-22(23-14-20)25-12-11-18-5-3-4-6-19(18)15-25/h3-10,13-14,24H,11-12,15H2,1-2H3. The van der Waals surface area contributed by atoms with Gasteiger partial charge < -0.3 is 4.90 Å². The van der Waals surface area contributed by atoms with Crippen molar-refractivity contribution >= 4 is 21.5 Å². The van der Waals surface area contributed by atoms with Crippen molar-refractivity contribution in [2.24, 2.45) is 0 Å². The smallest absolute Gasteiger partial charge is 0.262 e.